The normalized spacial score (nSPS) is 11.6. The van der Waals surface area contributed by atoms with Gasteiger partial charge in [-0.2, -0.15) is 0 Å². The first kappa shape index (κ1) is 16.4. The van der Waals surface area contributed by atoms with Gasteiger partial charge in [0.15, 0.2) is 5.82 Å². The first-order valence-corrected chi connectivity index (χ1v) is 7.88. The fourth-order valence-corrected chi connectivity index (χ4v) is 2.30. The molecule has 0 saturated heterocycles. The molecule has 1 aromatic heterocycles. The lowest BCUT2D eigenvalue weighted by molar-refractivity contribution is 0.251. The zero-order chi connectivity index (χ0) is 15.2. The zero-order valence-corrected chi connectivity index (χ0v) is 12.7. The molecule has 0 unspecified atom stereocenters. The van der Waals surface area contributed by atoms with Gasteiger partial charge in [0.05, 0.1) is 5.75 Å². The largest absolute Gasteiger partial charge is 0.360 e. The molecule has 0 spiro atoms. The summed E-state index contributed by atoms with van der Waals surface area (Å²) in [5.74, 6) is 1.01. The third kappa shape index (κ3) is 5.17. The number of nitrogens with one attached hydrogen (secondary N) is 2. The summed E-state index contributed by atoms with van der Waals surface area (Å²) in [5, 5.41) is 8.74. The van der Waals surface area contributed by atoms with Crippen LogP contribution in [0.2, 0.25) is 0 Å². The van der Waals surface area contributed by atoms with Gasteiger partial charge in [-0.3, -0.25) is 5.32 Å². The van der Waals surface area contributed by atoms with Crippen molar-refractivity contribution in [2.24, 2.45) is 0 Å². The van der Waals surface area contributed by atoms with Crippen LogP contribution in [0.25, 0.3) is 0 Å². The number of hydrogen-bond donors (Lipinski definition) is 2. The maximum absolute atomic E-state index is 11.5. The second-order valence-electron chi connectivity index (χ2n) is 4.28. The van der Waals surface area contributed by atoms with Crippen LogP contribution in [0.1, 0.15) is 19.1 Å². The van der Waals surface area contributed by atoms with Crippen molar-refractivity contribution in [3.63, 3.8) is 0 Å². The molecule has 2 N–H and O–H groups in total. The number of carbonyl (C=O) groups excluding carboxylic acids is 1. The molecule has 1 aromatic rings. The van der Waals surface area contributed by atoms with Crippen molar-refractivity contribution in [2.45, 2.75) is 20.3 Å². The molecule has 1 heterocycles. The Balaban J connectivity index is 2.23. The number of sulfonamides is 1. The lowest BCUT2D eigenvalue weighted by Gasteiger charge is -2.15. The van der Waals surface area contributed by atoms with E-state index in [1.807, 2.05) is 0 Å². The quantitative estimate of drug-likeness (QED) is 0.724. The summed E-state index contributed by atoms with van der Waals surface area (Å²) in [6, 6.07) is 1.19. The predicted octanol–water partition coefficient (Wildman–Crippen LogP) is 0.776. The third-order valence-electron chi connectivity index (χ3n) is 2.64. The molecule has 2 amide bonds. The minimum Gasteiger partial charge on any atom is -0.360 e. The molecule has 0 atom stereocenters. The number of urea groups is 1. The van der Waals surface area contributed by atoms with E-state index in [1.54, 1.807) is 19.9 Å². The number of aromatic nitrogens is 1. The minimum absolute atomic E-state index is 0.0723. The van der Waals surface area contributed by atoms with Crippen molar-refractivity contribution in [3.8, 4) is 0 Å². The van der Waals surface area contributed by atoms with Crippen LogP contribution in [-0.4, -0.2) is 49.8 Å². The van der Waals surface area contributed by atoms with E-state index in [1.165, 1.54) is 11.4 Å². The van der Waals surface area contributed by atoms with E-state index in [4.69, 9.17) is 4.52 Å². The zero-order valence-electron chi connectivity index (χ0n) is 11.8. The van der Waals surface area contributed by atoms with E-state index in [0.717, 1.165) is 0 Å². The van der Waals surface area contributed by atoms with E-state index in [9.17, 15) is 13.2 Å². The summed E-state index contributed by atoms with van der Waals surface area (Å²) in [6.45, 7) is 4.04. The molecule has 0 aliphatic heterocycles. The maximum Gasteiger partial charge on any atom is 0.320 e. The van der Waals surface area contributed by atoms with Crippen LogP contribution in [0.3, 0.4) is 0 Å². The Bertz CT molecular complexity index is 540. The van der Waals surface area contributed by atoms with Gasteiger partial charge in [-0.05, 0) is 20.3 Å². The number of aryl methyl sites for hydroxylation is 1. The highest BCUT2D eigenvalue weighted by Gasteiger charge is 2.14. The number of anilines is 1. The van der Waals surface area contributed by atoms with Gasteiger partial charge in [-0.1, -0.05) is 5.16 Å². The lowest BCUT2D eigenvalue weighted by atomic mass is 10.4. The van der Waals surface area contributed by atoms with E-state index < -0.39 is 16.1 Å². The van der Waals surface area contributed by atoms with Gasteiger partial charge in [0, 0.05) is 26.2 Å². The lowest BCUT2D eigenvalue weighted by Crippen LogP contribution is -2.34. The maximum atomic E-state index is 11.5. The van der Waals surface area contributed by atoms with Crippen LogP contribution < -0.4 is 10.6 Å². The van der Waals surface area contributed by atoms with Crippen molar-refractivity contribution in [1.29, 1.82) is 0 Å². The Kier molecular flexibility index (Phi) is 5.96. The highest BCUT2D eigenvalue weighted by atomic mass is 32.2. The van der Waals surface area contributed by atoms with Crippen LogP contribution >= 0.6 is 0 Å². The Hall–Kier alpha value is -1.61. The molecule has 1 rings (SSSR count). The summed E-state index contributed by atoms with van der Waals surface area (Å²) >= 11 is 0. The molecule has 8 nitrogen and oxygen atoms in total. The van der Waals surface area contributed by atoms with Gasteiger partial charge in [-0.15, -0.1) is 0 Å². The van der Waals surface area contributed by atoms with Crippen molar-refractivity contribution in [1.82, 2.24) is 14.8 Å². The monoisotopic (exact) mass is 304 g/mol. The number of hydrogen-bond acceptors (Lipinski definition) is 5. The fourth-order valence-electron chi connectivity index (χ4n) is 1.45. The molecule has 0 aliphatic rings. The molecule has 0 bridgehead atoms. The molecule has 0 aliphatic carbocycles. The van der Waals surface area contributed by atoms with Gasteiger partial charge in [-0.25, -0.2) is 17.5 Å². The highest BCUT2D eigenvalue weighted by molar-refractivity contribution is 7.89. The van der Waals surface area contributed by atoms with Crippen molar-refractivity contribution < 1.29 is 17.7 Å². The Labute approximate surface area is 118 Å². The van der Waals surface area contributed by atoms with Crippen molar-refractivity contribution in [3.05, 3.63) is 11.8 Å². The van der Waals surface area contributed by atoms with Crippen molar-refractivity contribution >= 4 is 21.9 Å². The summed E-state index contributed by atoms with van der Waals surface area (Å²) in [6.07, 6.45) is 0.529. The molecular formula is C11H20N4O4S. The van der Waals surface area contributed by atoms with E-state index in [-0.39, 0.29) is 5.75 Å². The highest BCUT2D eigenvalue weighted by Crippen LogP contribution is 2.06. The molecule has 0 fully saturated rings. The standard InChI is InChI=1S/C11H20N4O4S/c1-4-20(17,18)15(3)7-5-6-12-11(16)13-10-8-9(2)19-14-10/h8H,4-7H2,1-3H3,(H2,12,13,14,16). The molecule has 114 valence electrons. The van der Waals surface area contributed by atoms with Gasteiger partial charge >= 0.3 is 6.03 Å². The second-order valence-corrected chi connectivity index (χ2v) is 6.64. The second kappa shape index (κ2) is 7.25. The van der Waals surface area contributed by atoms with Gasteiger partial charge in [0.2, 0.25) is 10.0 Å². The molecule has 0 aromatic carbocycles. The topological polar surface area (TPSA) is 105 Å². The summed E-state index contributed by atoms with van der Waals surface area (Å²) < 4.78 is 29.0. The van der Waals surface area contributed by atoms with Gasteiger partial charge in [0.25, 0.3) is 0 Å². The van der Waals surface area contributed by atoms with Crippen LogP contribution in [0.15, 0.2) is 10.6 Å². The van der Waals surface area contributed by atoms with E-state index in [2.05, 4.69) is 15.8 Å². The van der Waals surface area contributed by atoms with Gasteiger partial charge in [0.1, 0.15) is 5.76 Å². The SMILES string of the molecule is CCS(=O)(=O)N(C)CCCNC(=O)Nc1cc(C)on1. The van der Waals surface area contributed by atoms with Crippen LogP contribution in [0.4, 0.5) is 10.6 Å². The average Bonchev–Trinajstić information content (AvgIpc) is 2.79. The van der Waals surface area contributed by atoms with Crippen LogP contribution in [0.5, 0.6) is 0 Å². The number of nitrogens with zero attached hydrogens (tertiary/aromatic N) is 2. The summed E-state index contributed by atoms with van der Waals surface area (Å²) in [4.78, 5) is 11.5. The third-order valence-corrected chi connectivity index (χ3v) is 4.51. The Morgan fingerprint density at radius 2 is 2.20 bits per heavy atom. The Morgan fingerprint density at radius 1 is 1.50 bits per heavy atom. The molecule has 0 saturated carbocycles. The first-order valence-electron chi connectivity index (χ1n) is 6.27. The van der Waals surface area contributed by atoms with Crippen LogP contribution in [-0.2, 0) is 10.0 Å². The fraction of sp³-hybridized carbons (Fsp3) is 0.636. The summed E-state index contributed by atoms with van der Waals surface area (Å²) in [5.41, 5.74) is 0. The molecule has 9 heteroatoms. The summed E-state index contributed by atoms with van der Waals surface area (Å²) in [7, 11) is -1.64. The predicted molar refractivity (Wildman–Crippen MR) is 75.0 cm³/mol. The average molecular weight is 304 g/mol. The molecule has 0 radical (unpaired) electrons. The number of rotatable bonds is 7. The smallest absolute Gasteiger partial charge is 0.320 e. The molecule has 20 heavy (non-hydrogen) atoms. The minimum atomic E-state index is -3.16. The van der Waals surface area contributed by atoms with Crippen molar-refractivity contribution in [2.75, 3.05) is 31.2 Å². The van der Waals surface area contributed by atoms with Crippen LogP contribution in [0, 0.1) is 6.92 Å². The van der Waals surface area contributed by atoms with E-state index >= 15 is 0 Å². The number of amides is 2. The number of carbonyl (C=O) groups is 1. The van der Waals surface area contributed by atoms with E-state index in [0.29, 0.717) is 31.1 Å². The molecular weight excluding hydrogens is 284 g/mol. The van der Waals surface area contributed by atoms with Gasteiger partial charge < -0.3 is 9.84 Å². The first-order chi connectivity index (χ1) is 9.35. The Morgan fingerprint density at radius 3 is 2.75 bits per heavy atom.